The summed E-state index contributed by atoms with van der Waals surface area (Å²) >= 11 is 0. The van der Waals surface area contributed by atoms with Gasteiger partial charge in [-0.25, -0.2) is 0 Å². The normalized spacial score (nSPS) is 35.4. The molecule has 8 rings (SSSR count). The molecule has 0 aromatic heterocycles. The minimum absolute atomic E-state index is 0. The van der Waals surface area contributed by atoms with Crippen LogP contribution in [-0.2, 0) is 66.3 Å². The molecule has 560 valence electrons. The maximum atomic E-state index is 9.62. The highest BCUT2D eigenvalue weighted by atomic mass is 16.6. The Kier molecular flexibility index (Phi) is 39.2. The lowest BCUT2D eigenvalue weighted by molar-refractivity contribution is -0.224. The van der Waals surface area contributed by atoms with E-state index in [4.69, 9.17) is 76.5 Å². The van der Waals surface area contributed by atoms with Crippen molar-refractivity contribution < 1.29 is 86.7 Å². The Morgan fingerprint density at radius 2 is 0.632 bits per heavy atom. The van der Waals surface area contributed by atoms with Crippen molar-refractivity contribution in [2.75, 3.05) is 185 Å². The summed E-state index contributed by atoms with van der Waals surface area (Å²) in [6.45, 7) is 32.5. The van der Waals surface area contributed by atoms with E-state index in [1.807, 2.05) is 0 Å². The van der Waals surface area contributed by atoms with E-state index in [2.05, 4.69) is 55.4 Å². The second-order valence-corrected chi connectivity index (χ2v) is 30.6. The first kappa shape index (κ1) is 83.2. The zero-order chi connectivity index (χ0) is 67.1. The van der Waals surface area contributed by atoms with Crippen LogP contribution in [-0.4, -0.2) is 230 Å². The van der Waals surface area contributed by atoms with Gasteiger partial charge in [-0.15, -0.1) is 0 Å². The summed E-state index contributed by atoms with van der Waals surface area (Å²) in [6.07, 6.45) is 26.5. The van der Waals surface area contributed by atoms with Gasteiger partial charge >= 0.3 is 0 Å². The summed E-state index contributed by atoms with van der Waals surface area (Å²) in [5, 5.41) is 36.6. The first-order chi connectivity index (χ1) is 45.8. The van der Waals surface area contributed by atoms with E-state index in [1.54, 1.807) is 0 Å². The Bertz CT molecular complexity index is 1960. The number of aliphatic hydroxyl groups is 4. The van der Waals surface area contributed by atoms with E-state index in [-0.39, 0.29) is 69.1 Å². The van der Waals surface area contributed by atoms with E-state index in [0.29, 0.717) is 234 Å². The third-order valence-corrected chi connectivity index (χ3v) is 25.7. The van der Waals surface area contributed by atoms with Crippen LogP contribution in [0.4, 0.5) is 0 Å². The average molecular weight is 1360 g/mol. The molecule has 0 amide bonds. The topological polar surface area (TPSA) is 210 Å². The van der Waals surface area contributed by atoms with Gasteiger partial charge in [0.2, 0.25) is 0 Å². The summed E-state index contributed by atoms with van der Waals surface area (Å²) in [7, 11) is 0. The first-order valence-corrected chi connectivity index (χ1v) is 38.5. The number of fused-ring (bicyclic) bond motifs is 10. The molecule has 0 unspecified atom stereocenters. The molecule has 0 bridgehead atoms. The number of hydrogen-bond donors (Lipinski definition) is 4. The molecule has 0 spiro atoms. The smallest absolute Gasteiger partial charge is 0.0704 e. The van der Waals surface area contributed by atoms with Gasteiger partial charge in [0.25, 0.3) is 0 Å². The Morgan fingerprint density at radius 3 is 0.968 bits per heavy atom. The monoisotopic (exact) mass is 1360 g/mol. The van der Waals surface area contributed by atoms with Crippen LogP contribution in [0, 0.1) is 92.7 Å². The molecule has 8 aliphatic carbocycles. The molecule has 18 heteroatoms. The SMILES string of the molecule is C.CCC[C@@H](C)[C@H]1CC[C@H]2[C@@H]3[C@H](OCCO)C[C@@H]4CCCC[C@]4(C)[C@H]3C[C@H](OCCO)[C@]12C.CCC[C@@H](C)[C@H]1CC[C@H]2[C@@H]3[C@H](OCCOCCOCCOCCOCCOCCO)C[C@@H]4CCCC[C@]4(C)[C@H]3C[C@H](OCCOCCOCCOCCOCCOCCO)[C@]12C. The summed E-state index contributed by atoms with van der Waals surface area (Å²) in [5.41, 5.74) is 0.983. The van der Waals surface area contributed by atoms with Gasteiger partial charge in [-0.1, -0.05) is 114 Å². The Labute approximate surface area is 577 Å². The van der Waals surface area contributed by atoms with Crippen LogP contribution in [0.1, 0.15) is 191 Å². The highest BCUT2D eigenvalue weighted by Crippen LogP contribution is 2.71. The third kappa shape index (κ3) is 22.6. The van der Waals surface area contributed by atoms with Crippen LogP contribution in [0.25, 0.3) is 0 Å². The fourth-order valence-corrected chi connectivity index (χ4v) is 21.4. The molecule has 0 aliphatic heterocycles. The molecular weight excluding hydrogens is 1210 g/mol. The summed E-state index contributed by atoms with van der Waals surface area (Å²) in [6, 6.07) is 0. The molecule has 0 aromatic carbocycles. The molecule has 4 N–H and O–H groups in total. The minimum atomic E-state index is 0. The van der Waals surface area contributed by atoms with Gasteiger partial charge < -0.3 is 86.7 Å². The van der Waals surface area contributed by atoms with E-state index in [9.17, 15) is 10.2 Å². The molecule has 18 nitrogen and oxygen atoms in total. The van der Waals surface area contributed by atoms with Gasteiger partial charge in [0.1, 0.15) is 0 Å². The van der Waals surface area contributed by atoms with E-state index in [0.717, 1.165) is 18.8 Å². The van der Waals surface area contributed by atoms with Gasteiger partial charge in [-0.3, -0.25) is 0 Å². The second-order valence-electron chi connectivity index (χ2n) is 30.6. The van der Waals surface area contributed by atoms with E-state index < -0.39 is 0 Å². The fraction of sp³-hybridized carbons (Fsp3) is 1.00. The van der Waals surface area contributed by atoms with Crippen molar-refractivity contribution in [2.24, 2.45) is 92.7 Å². The van der Waals surface area contributed by atoms with Crippen LogP contribution in [0.5, 0.6) is 0 Å². The van der Waals surface area contributed by atoms with Gasteiger partial charge in [0, 0.05) is 10.8 Å². The molecule has 95 heavy (non-hydrogen) atoms. The van der Waals surface area contributed by atoms with E-state index >= 15 is 0 Å². The van der Waals surface area contributed by atoms with Crippen molar-refractivity contribution in [1.29, 1.82) is 0 Å². The molecule has 0 saturated heterocycles. The molecule has 0 radical (unpaired) electrons. The maximum absolute atomic E-state index is 9.62. The number of rotatable bonds is 48. The van der Waals surface area contributed by atoms with Crippen LogP contribution < -0.4 is 0 Å². The van der Waals surface area contributed by atoms with Crippen LogP contribution in [0.15, 0.2) is 0 Å². The van der Waals surface area contributed by atoms with Gasteiger partial charge in [0.15, 0.2) is 0 Å². The lowest BCUT2D eigenvalue weighted by atomic mass is 9.43. The molecule has 0 aromatic rings. The lowest BCUT2D eigenvalue weighted by Crippen LogP contribution is -2.62. The number of hydrogen-bond acceptors (Lipinski definition) is 18. The van der Waals surface area contributed by atoms with Crippen molar-refractivity contribution in [1.82, 2.24) is 0 Å². The highest BCUT2D eigenvalue weighted by Gasteiger charge is 2.68. The minimum Gasteiger partial charge on any atom is -0.394 e. The quantitative estimate of drug-likeness (QED) is 0.0417. The average Bonchev–Trinajstić information content (AvgIpc) is 1.69. The van der Waals surface area contributed by atoms with E-state index in [1.165, 1.54) is 116 Å². The summed E-state index contributed by atoms with van der Waals surface area (Å²) in [4.78, 5) is 0. The van der Waals surface area contributed by atoms with Crippen LogP contribution >= 0.6 is 0 Å². The largest absolute Gasteiger partial charge is 0.394 e. The van der Waals surface area contributed by atoms with Gasteiger partial charge in [-0.05, 0) is 159 Å². The summed E-state index contributed by atoms with van der Waals surface area (Å²) in [5.74, 6) is 7.72. The van der Waals surface area contributed by atoms with Gasteiger partial charge in [0.05, 0.1) is 209 Å². The van der Waals surface area contributed by atoms with Crippen LogP contribution in [0.3, 0.4) is 0 Å². The molecular formula is C77H144O18. The zero-order valence-corrected chi connectivity index (χ0v) is 60.7. The fourth-order valence-electron chi connectivity index (χ4n) is 21.4. The van der Waals surface area contributed by atoms with Crippen LogP contribution in [0.2, 0.25) is 0 Å². The zero-order valence-electron chi connectivity index (χ0n) is 60.7. The predicted molar refractivity (Wildman–Crippen MR) is 372 cm³/mol. The third-order valence-electron chi connectivity index (χ3n) is 25.7. The maximum Gasteiger partial charge on any atom is 0.0704 e. The molecule has 8 aliphatic rings. The Balaban J connectivity index is 0.000000361. The highest BCUT2D eigenvalue weighted by molar-refractivity contribution is 5.17. The van der Waals surface area contributed by atoms with Gasteiger partial charge in [-0.2, -0.15) is 0 Å². The van der Waals surface area contributed by atoms with Crippen molar-refractivity contribution in [3.8, 4) is 0 Å². The first-order valence-electron chi connectivity index (χ1n) is 38.5. The molecule has 20 atom stereocenters. The molecule has 0 heterocycles. The Morgan fingerprint density at radius 1 is 0.337 bits per heavy atom. The predicted octanol–water partition coefficient (Wildman–Crippen LogP) is 11.7. The standard InChI is InChI=1S/C48H90O14.C28H50O4.CH4/c1-5-8-39(2)41-10-11-42-46-43(38-45(48(41,42)4)62-36-34-60-32-30-58-28-26-56-24-22-54-20-18-52-16-14-50)47(3)12-7-6-9-40(47)37-44(46)61-35-33-59-31-29-57-27-25-55-23-21-53-19-17-51-15-13-49;1-5-8-19(2)21-10-11-22-26-23(18-25(28(21,22)4)32-16-14-30)27(3)12-7-6-9-20(27)17-24(26)31-15-13-29;/h39-46,49-50H,5-38H2,1-4H3;19-26,29-30H,5-18H2,1-4H3;1H4/t39-,40+,41-,42+,43+,44-,45+,46+,47+,48-;19-,20+,21-,22+,23+,24-,25+,26+,27+,28-;/m11./s1. The summed E-state index contributed by atoms with van der Waals surface area (Å²) < 4.78 is 83.0. The van der Waals surface area contributed by atoms with Crippen molar-refractivity contribution in [3.63, 3.8) is 0 Å². The Hall–Kier alpha value is -0.720. The van der Waals surface area contributed by atoms with Crippen molar-refractivity contribution in [3.05, 3.63) is 0 Å². The lowest BCUT2D eigenvalue weighted by Gasteiger charge is -2.64. The van der Waals surface area contributed by atoms with Crippen molar-refractivity contribution in [2.45, 2.75) is 216 Å². The molecule has 8 fully saturated rings. The number of aliphatic hydroxyl groups excluding tert-OH is 4. The number of ether oxygens (including phenoxy) is 14. The van der Waals surface area contributed by atoms with Crippen molar-refractivity contribution >= 4 is 0 Å². The second kappa shape index (κ2) is 44.7. The molecule has 8 saturated carbocycles.